The summed E-state index contributed by atoms with van der Waals surface area (Å²) >= 11 is 0. The maximum Gasteiger partial charge on any atom is 0.216 e. The fourth-order valence-corrected chi connectivity index (χ4v) is 4.50. The van der Waals surface area contributed by atoms with Crippen LogP contribution in [0.2, 0.25) is 0 Å². The molecule has 1 aromatic carbocycles. The maximum absolute atomic E-state index is 12.3. The van der Waals surface area contributed by atoms with Crippen molar-refractivity contribution in [3.05, 3.63) is 35.4 Å². The SMILES string of the molecule is Cc1ccccc1CS(=O)(=O)NC1(CN)CCCC1.Cl. The molecule has 1 aromatic rings. The van der Waals surface area contributed by atoms with Crippen LogP contribution in [0.15, 0.2) is 24.3 Å². The third-order valence-corrected chi connectivity index (χ3v) is 5.37. The molecule has 0 atom stereocenters. The predicted molar refractivity (Wildman–Crippen MR) is 84.4 cm³/mol. The van der Waals surface area contributed by atoms with Gasteiger partial charge in [0.1, 0.15) is 0 Å². The lowest BCUT2D eigenvalue weighted by atomic mass is 10.0. The number of sulfonamides is 1. The first-order valence-electron chi connectivity index (χ1n) is 6.73. The zero-order chi connectivity index (χ0) is 13.9. The first-order chi connectivity index (χ1) is 8.96. The number of aryl methyl sites for hydroxylation is 1. The molecule has 4 nitrogen and oxygen atoms in total. The standard InChI is InChI=1S/C14H22N2O2S.ClH/c1-12-6-2-3-7-13(12)10-19(17,18)16-14(11-15)8-4-5-9-14;/h2-3,6-7,16H,4-5,8-11,15H2,1H3;1H. The van der Waals surface area contributed by atoms with Gasteiger partial charge in [-0.3, -0.25) is 0 Å². The van der Waals surface area contributed by atoms with E-state index in [0.717, 1.165) is 36.8 Å². The lowest BCUT2D eigenvalue weighted by Crippen LogP contribution is -2.51. The van der Waals surface area contributed by atoms with Gasteiger partial charge in [-0.15, -0.1) is 12.4 Å². The second-order valence-corrected chi connectivity index (χ2v) is 7.20. The van der Waals surface area contributed by atoms with Crippen LogP contribution in [0.3, 0.4) is 0 Å². The van der Waals surface area contributed by atoms with E-state index in [9.17, 15) is 8.42 Å². The number of halogens is 1. The van der Waals surface area contributed by atoms with Gasteiger partial charge in [-0.05, 0) is 30.9 Å². The largest absolute Gasteiger partial charge is 0.329 e. The summed E-state index contributed by atoms with van der Waals surface area (Å²) in [5.41, 5.74) is 7.21. The molecule has 0 bridgehead atoms. The van der Waals surface area contributed by atoms with Crippen molar-refractivity contribution in [1.29, 1.82) is 0 Å². The highest BCUT2D eigenvalue weighted by atomic mass is 35.5. The number of rotatable bonds is 5. The van der Waals surface area contributed by atoms with Gasteiger partial charge in [0.25, 0.3) is 0 Å². The Morgan fingerprint density at radius 1 is 1.25 bits per heavy atom. The molecule has 0 aliphatic heterocycles. The molecule has 3 N–H and O–H groups in total. The molecule has 0 saturated heterocycles. The smallest absolute Gasteiger partial charge is 0.216 e. The van der Waals surface area contributed by atoms with Gasteiger partial charge >= 0.3 is 0 Å². The molecule has 0 spiro atoms. The maximum atomic E-state index is 12.3. The van der Waals surface area contributed by atoms with Crippen molar-refractivity contribution in [2.24, 2.45) is 5.73 Å². The Morgan fingerprint density at radius 3 is 2.40 bits per heavy atom. The minimum atomic E-state index is -3.34. The molecular formula is C14H23ClN2O2S. The number of benzene rings is 1. The summed E-state index contributed by atoms with van der Waals surface area (Å²) in [6.07, 6.45) is 3.78. The Morgan fingerprint density at radius 2 is 1.85 bits per heavy atom. The van der Waals surface area contributed by atoms with Crippen LogP contribution in [0.25, 0.3) is 0 Å². The molecule has 6 heteroatoms. The Labute approximate surface area is 127 Å². The highest BCUT2D eigenvalue weighted by Gasteiger charge is 2.36. The van der Waals surface area contributed by atoms with Gasteiger partial charge in [-0.1, -0.05) is 37.1 Å². The summed E-state index contributed by atoms with van der Waals surface area (Å²) < 4.78 is 27.5. The lowest BCUT2D eigenvalue weighted by molar-refractivity contribution is 0.399. The van der Waals surface area contributed by atoms with E-state index in [-0.39, 0.29) is 18.2 Å². The van der Waals surface area contributed by atoms with Gasteiger partial charge in [-0.25, -0.2) is 13.1 Å². The van der Waals surface area contributed by atoms with Crippen LogP contribution in [-0.4, -0.2) is 20.5 Å². The molecule has 1 fully saturated rings. The lowest BCUT2D eigenvalue weighted by Gasteiger charge is -2.28. The summed E-state index contributed by atoms with van der Waals surface area (Å²) in [6.45, 7) is 2.30. The average molecular weight is 319 g/mol. The van der Waals surface area contributed by atoms with Crippen LogP contribution in [0.1, 0.15) is 36.8 Å². The van der Waals surface area contributed by atoms with Crippen LogP contribution in [-0.2, 0) is 15.8 Å². The summed E-state index contributed by atoms with van der Waals surface area (Å²) in [6, 6.07) is 7.57. The van der Waals surface area contributed by atoms with Crippen LogP contribution in [0.4, 0.5) is 0 Å². The van der Waals surface area contributed by atoms with Crippen molar-refractivity contribution >= 4 is 22.4 Å². The van der Waals surface area contributed by atoms with Crippen molar-refractivity contribution in [2.75, 3.05) is 6.54 Å². The van der Waals surface area contributed by atoms with E-state index < -0.39 is 15.6 Å². The fourth-order valence-electron chi connectivity index (χ4n) is 2.74. The zero-order valence-corrected chi connectivity index (χ0v) is 13.4. The summed E-state index contributed by atoms with van der Waals surface area (Å²) in [7, 11) is -3.34. The van der Waals surface area contributed by atoms with Gasteiger partial charge in [0.05, 0.1) is 5.75 Å². The van der Waals surface area contributed by atoms with Crippen LogP contribution in [0.5, 0.6) is 0 Å². The fraction of sp³-hybridized carbons (Fsp3) is 0.571. The predicted octanol–water partition coefficient (Wildman–Crippen LogP) is 2.11. The molecule has 0 radical (unpaired) electrons. The van der Waals surface area contributed by atoms with Crippen molar-refractivity contribution in [2.45, 2.75) is 43.9 Å². The minimum absolute atomic E-state index is 0. The molecule has 2 rings (SSSR count). The minimum Gasteiger partial charge on any atom is -0.329 e. The topological polar surface area (TPSA) is 72.2 Å². The summed E-state index contributed by atoms with van der Waals surface area (Å²) in [5, 5.41) is 0. The van der Waals surface area contributed by atoms with Crippen molar-refractivity contribution < 1.29 is 8.42 Å². The van der Waals surface area contributed by atoms with Crippen LogP contribution < -0.4 is 10.5 Å². The zero-order valence-electron chi connectivity index (χ0n) is 11.8. The molecule has 1 aliphatic carbocycles. The molecule has 1 saturated carbocycles. The summed E-state index contributed by atoms with van der Waals surface area (Å²) in [5.74, 6) is 0.0292. The first-order valence-corrected chi connectivity index (χ1v) is 8.38. The van der Waals surface area contributed by atoms with E-state index in [1.54, 1.807) is 0 Å². The van der Waals surface area contributed by atoms with Gasteiger partial charge in [0, 0.05) is 12.1 Å². The second-order valence-electron chi connectivity index (χ2n) is 5.48. The van der Waals surface area contributed by atoms with E-state index >= 15 is 0 Å². The Hall–Kier alpha value is -0.620. The number of hydrogen-bond donors (Lipinski definition) is 2. The van der Waals surface area contributed by atoms with Gasteiger partial charge < -0.3 is 5.73 Å². The van der Waals surface area contributed by atoms with E-state index in [1.165, 1.54) is 0 Å². The monoisotopic (exact) mass is 318 g/mol. The van der Waals surface area contributed by atoms with E-state index in [4.69, 9.17) is 5.73 Å². The normalized spacial score (nSPS) is 17.7. The molecule has 20 heavy (non-hydrogen) atoms. The molecule has 1 aliphatic rings. The van der Waals surface area contributed by atoms with E-state index in [0.29, 0.717) is 6.54 Å². The molecular weight excluding hydrogens is 296 g/mol. The van der Waals surface area contributed by atoms with Crippen molar-refractivity contribution in [1.82, 2.24) is 4.72 Å². The van der Waals surface area contributed by atoms with E-state index in [2.05, 4.69) is 4.72 Å². The van der Waals surface area contributed by atoms with E-state index in [1.807, 2.05) is 31.2 Å². The summed E-state index contributed by atoms with van der Waals surface area (Å²) in [4.78, 5) is 0. The van der Waals surface area contributed by atoms with Crippen molar-refractivity contribution in [3.63, 3.8) is 0 Å². The average Bonchev–Trinajstić information content (AvgIpc) is 2.80. The highest BCUT2D eigenvalue weighted by molar-refractivity contribution is 7.88. The quantitative estimate of drug-likeness (QED) is 0.873. The Kier molecular flexibility index (Phi) is 6.01. The third kappa shape index (κ3) is 4.19. The Balaban J connectivity index is 0.00000200. The second kappa shape index (κ2) is 6.89. The molecule has 0 heterocycles. The number of hydrogen-bond acceptors (Lipinski definition) is 3. The molecule has 0 unspecified atom stereocenters. The molecule has 0 aromatic heterocycles. The van der Waals surface area contributed by atoms with Gasteiger partial charge in [-0.2, -0.15) is 0 Å². The molecule has 0 amide bonds. The number of nitrogens with one attached hydrogen (secondary N) is 1. The Bertz CT molecular complexity index is 540. The van der Waals surface area contributed by atoms with Gasteiger partial charge in [0.15, 0.2) is 0 Å². The van der Waals surface area contributed by atoms with Crippen LogP contribution in [0, 0.1) is 6.92 Å². The van der Waals surface area contributed by atoms with Gasteiger partial charge in [0.2, 0.25) is 10.0 Å². The highest BCUT2D eigenvalue weighted by Crippen LogP contribution is 2.29. The van der Waals surface area contributed by atoms with Crippen molar-refractivity contribution in [3.8, 4) is 0 Å². The van der Waals surface area contributed by atoms with Crippen LogP contribution >= 0.6 is 12.4 Å². The first kappa shape index (κ1) is 17.4. The molecule has 114 valence electrons. The number of nitrogens with two attached hydrogens (primary N) is 1. The third-order valence-electron chi connectivity index (χ3n) is 3.93.